The highest BCUT2D eigenvalue weighted by Gasteiger charge is 2.05. The molecular weight excluding hydrogens is 302 g/mol. The third kappa shape index (κ3) is 5.37. The standard InChI is InChI=1S/C16H24BrNO/c1-5-8-18-11-14(12(2)3)9-13-6-7-16(19-4)15(17)10-13/h6-7,9-10,12,18H,5,8,11H2,1-4H3. The smallest absolute Gasteiger partial charge is 0.133 e. The van der Waals surface area contributed by atoms with Gasteiger partial charge in [-0.3, -0.25) is 0 Å². The molecule has 0 spiro atoms. The molecule has 0 heterocycles. The second kappa shape index (κ2) is 8.39. The van der Waals surface area contributed by atoms with Crippen LogP contribution in [0.5, 0.6) is 5.75 Å². The van der Waals surface area contributed by atoms with E-state index >= 15 is 0 Å². The van der Waals surface area contributed by atoms with E-state index in [0.29, 0.717) is 5.92 Å². The first-order valence-corrected chi connectivity index (χ1v) is 7.62. The normalized spacial score (nSPS) is 12.0. The Hall–Kier alpha value is -0.800. The summed E-state index contributed by atoms with van der Waals surface area (Å²) in [7, 11) is 1.68. The number of rotatable bonds is 7. The van der Waals surface area contributed by atoms with Crippen molar-refractivity contribution < 1.29 is 4.74 Å². The fourth-order valence-corrected chi connectivity index (χ4v) is 2.38. The zero-order valence-electron chi connectivity index (χ0n) is 12.3. The summed E-state index contributed by atoms with van der Waals surface area (Å²) in [6, 6.07) is 6.18. The zero-order valence-corrected chi connectivity index (χ0v) is 13.9. The number of ether oxygens (including phenoxy) is 1. The van der Waals surface area contributed by atoms with E-state index in [0.717, 1.165) is 23.3 Å². The van der Waals surface area contributed by atoms with Crippen molar-refractivity contribution in [3.63, 3.8) is 0 Å². The Labute approximate surface area is 125 Å². The highest BCUT2D eigenvalue weighted by molar-refractivity contribution is 9.10. The van der Waals surface area contributed by atoms with Crippen LogP contribution >= 0.6 is 15.9 Å². The van der Waals surface area contributed by atoms with Crippen molar-refractivity contribution in [3.05, 3.63) is 33.8 Å². The van der Waals surface area contributed by atoms with Crippen LogP contribution in [0, 0.1) is 5.92 Å². The van der Waals surface area contributed by atoms with Gasteiger partial charge in [-0.1, -0.05) is 38.5 Å². The van der Waals surface area contributed by atoms with Gasteiger partial charge in [-0.2, -0.15) is 0 Å². The summed E-state index contributed by atoms with van der Waals surface area (Å²) in [5, 5.41) is 3.47. The van der Waals surface area contributed by atoms with E-state index < -0.39 is 0 Å². The van der Waals surface area contributed by atoms with Crippen molar-refractivity contribution >= 4 is 22.0 Å². The monoisotopic (exact) mass is 325 g/mol. The third-order valence-electron chi connectivity index (χ3n) is 3.03. The molecule has 0 amide bonds. The van der Waals surface area contributed by atoms with Crippen LogP contribution in [0.15, 0.2) is 28.2 Å². The van der Waals surface area contributed by atoms with Gasteiger partial charge in [0.05, 0.1) is 11.6 Å². The fraction of sp³-hybridized carbons (Fsp3) is 0.500. The van der Waals surface area contributed by atoms with Gasteiger partial charge in [0.25, 0.3) is 0 Å². The second-order valence-corrected chi connectivity index (χ2v) is 5.80. The van der Waals surface area contributed by atoms with Gasteiger partial charge in [0.15, 0.2) is 0 Å². The maximum Gasteiger partial charge on any atom is 0.133 e. The molecule has 0 aliphatic rings. The van der Waals surface area contributed by atoms with Crippen LogP contribution in [0.4, 0.5) is 0 Å². The summed E-state index contributed by atoms with van der Waals surface area (Å²) in [6.07, 6.45) is 3.43. The van der Waals surface area contributed by atoms with Crippen LogP contribution < -0.4 is 10.1 Å². The SMILES string of the molecule is CCCNCC(=Cc1ccc(OC)c(Br)c1)C(C)C. The maximum atomic E-state index is 5.25. The van der Waals surface area contributed by atoms with Crippen LogP contribution in [0.1, 0.15) is 32.8 Å². The van der Waals surface area contributed by atoms with Crippen molar-refractivity contribution in [1.29, 1.82) is 0 Å². The molecule has 0 unspecified atom stereocenters. The van der Waals surface area contributed by atoms with E-state index in [4.69, 9.17) is 4.74 Å². The van der Waals surface area contributed by atoms with Crippen LogP contribution in [-0.2, 0) is 0 Å². The molecule has 3 heteroatoms. The Morgan fingerprint density at radius 2 is 2.16 bits per heavy atom. The summed E-state index contributed by atoms with van der Waals surface area (Å²) < 4.78 is 6.25. The molecule has 1 aromatic carbocycles. The molecule has 19 heavy (non-hydrogen) atoms. The fourth-order valence-electron chi connectivity index (χ4n) is 1.82. The van der Waals surface area contributed by atoms with E-state index in [2.05, 4.69) is 60.2 Å². The van der Waals surface area contributed by atoms with Crippen molar-refractivity contribution in [1.82, 2.24) is 5.32 Å². The molecule has 0 aromatic heterocycles. The summed E-state index contributed by atoms with van der Waals surface area (Å²) in [6.45, 7) is 8.67. The van der Waals surface area contributed by atoms with Gasteiger partial charge >= 0.3 is 0 Å². The molecule has 0 aliphatic carbocycles. The van der Waals surface area contributed by atoms with Gasteiger partial charge < -0.3 is 10.1 Å². The topological polar surface area (TPSA) is 21.3 Å². The molecule has 0 saturated heterocycles. The van der Waals surface area contributed by atoms with Crippen molar-refractivity contribution in [2.45, 2.75) is 27.2 Å². The molecule has 0 fully saturated rings. The lowest BCUT2D eigenvalue weighted by molar-refractivity contribution is 0.412. The number of methoxy groups -OCH3 is 1. The predicted molar refractivity (Wildman–Crippen MR) is 86.7 cm³/mol. The lowest BCUT2D eigenvalue weighted by Gasteiger charge is -2.13. The Bertz CT molecular complexity index is 427. The second-order valence-electron chi connectivity index (χ2n) is 4.94. The summed E-state index contributed by atoms with van der Waals surface area (Å²) >= 11 is 3.53. The minimum Gasteiger partial charge on any atom is -0.496 e. The van der Waals surface area contributed by atoms with E-state index in [1.165, 1.54) is 17.6 Å². The van der Waals surface area contributed by atoms with Crippen molar-refractivity contribution in [2.24, 2.45) is 5.92 Å². The first-order chi connectivity index (χ1) is 9.08. The van der Waals surface area contributed by atoms with E-state index in [1.807, 2.05) is 6.07 Å². The molecule has 0 atom stereocenters. The van der Waals surface area contributed by atoms with Gasteiger partial charge in [-0.15, -0.1) is 0 Å². The Morgan fingerprint density at radius 1 is 1.42 bits per heavy atom. The van der Waals surface area contributed by atoms with E-state index in [9.17, 15) is 0 Å². The number of hydrogen-bond acceptors (Lipinski definition) is 2. The lowest BCUT2D eigenvalue weighted by Crippen LogP contribution is -2.19. The highest BCUT2D eigenvalue weighted by atomic mass is 79.9. The third-order valence-corrected chi connectivity index (χ3v) is 3.65. The maximum absolute atomic E-state index is 5.25. The average Bonchev–Trinajstić information content (AvgIpc) is 2.38. The lowest BCUT2D eigenvalue weighted by atomic mass is 10.00. The quantitative estimate of drug-likeness (QED) is 0.745. The summed E-state index contributed by atoms with van der Waals surface area (Å²) in [5.74, 6) is 1.41. The summed E-state index contributed by atoms with van der Waals surface area (Å²) in [5.41, 5.74) is 2.63. The molecular formula is C16H24BrNO. The average molecular weight is 326 g/mol. The largest absolute Gasteiger partial charge is 0.496 e. The molecule has 106 valence electrons. The molecule has 2 nitrogen and oxygen atoms in total. The number of benzene rings is 1. The Morgan fingerprint density at radius 3 is 2.68 bits per heavy atom. The molecule has 0 saturated carbocycles. The van der Waals surface area contributed by atoms with Gasteiger partial charge in [0.1, 0.15) is 5.75 Å². The minimum atomic E-state index is 0.547. The molecule has 0 aliphatic heterocycles. The Kier molecular flexibility index (Phi) is 7.17. The van der Waals surface area contributed by atoms with E-state index in [-0.39, 0.29) is 0 Å². The van der Waals surface area contributed by atoms with E-state index in [1.54, 1.807) is 7.11 Å². The first-order valence-electron chi connectivity index (χ1n) is 6.83. The molecule has 0 bridgehead atoms. The van der Waals surface area contributed by atoms with Gasteiger partial charge in [0, 0.05) is 6.54 Å². The minimum absolute atomic E-state index is 0.547. The number of nitrogens with one attached hydrogen (secondary N) is 1. The van der Waals surface area contributed by atoms with Crippen molar-refractivity contribution in [2.75, 3.05) is 20.2 Å². The number of hydrogen-bond donors (Lipinski definition) is 1. The molecule has 0 radical (unpaired) electrons. The van der Waals surface area contributed by atoms with Crippen LogP contribution in [0.2, 0.25) is 0 Å². The molecule has 1 aromatic rings. The Balaban J connectivity index is 2.85. The van der Waals surface area contributed by atoms with Crippen LogP contribution in [0.3, 0.4) is 0 Å². The summed E-state index contributed by atoms with van der Waals surface area (Å²) in [4.78, 5) is 0. The van der Waals surface area contributed by atoms with Crippen LogP contribution in [0.25, 0.3) is 6.08 Å². The predicted octanol–water partition coefficient (Wildman–Crippen LogP) is 4.50. The van der Waals surface area contributed by atoms with Gasteiger partial charge in [0.2, 0.25) is 0 Å². The van der Waals surface area contributed by atoms with Gasteiger partial charge in [-0.05, 0) is 52.5 Å². The van der Waals surface area contributed by atoms with Crippen molar-refractivity contribution in [3.8, 4) is 5.75 Å². The number of halogens is 1. The molecule has 1 rings (SSSR count). The van der Waals surface area contributed by atoms with Crippen LogP contribution in [-0.4, -0.2) is 20.2 Å². The highest BCUT2D eigenvalue weighted by Crippen LogP contribution is 2.27. The molecule has 1 N–H and O–H groups in total. The first kappa shape index (κ1) is 16.3. The zero-order chi connectivity index (χ0) is 14.3. The van der Waals surface area contributed by atoms with Gasteiger partial charge in [-0.25, -0.2) is 0 Å².